The van der Waals surface area contributed by atoms with Gasteiger partial charge in [0, 0.05) is 0 Å². The highest BCUT2D eigenvalue weighted by molar-refractivity contribution is 4.95. The summed E-state index contributed by atoms with van der Waals surface area (Å²) in [5, 5.41) is 100.0. The van der Waals surface area contributed by atoms with Crippen molar-refractivity contribution in [3.63, 3.8) is 0 Å². The maximum Gasteiger partial charge on any atom is 0.187 e. The molecule has 0 radical (unpaired) electrons. The van der Waals surface area contributed by atoms with E-state index in [9.17, 15) is 51.1 Å². The first-order valence-electron chi connectivity index (χ1n) is 10.4. The maximum absolute atomic E-state index is 10.6. The fraction of sp³-hybridized carbons (Fsp3) is 1.00. The Morgan fingerprint density at radius 3 is 1.61 bits per heavy atom. The first-order chi connectivity index (χ1) is 15.5. The van der Waals surface area contributed by atoms with Crippen LogP contribution in [0.4, 0.5) is 0 Å². The lowest BCUT2D eigenvalue weighted by Crippen LogP contribution is -2.66. The van der Waals surface area contributed by atoms with Gasteiger partial charge in [0.2, 0.25) is 0 Å². The van der Waals surface area contributed by atoms with E-state index in [1.807, 2.05) is 0 Å². The van der Waals surface area contributed by atoms with E-state index in [0.29, 0.717) is 0 Å². The predicted molar refractivity (Wildman–Crippen MR) is 99.8 cm³/mol. The molecule has 0 aromatic rings. The first kappa shape index (κ1) is 27.0. The van der Waals surface area contributed by atoms with Gasteiger partial charge in [-0.1, -0.05) is 0 Å². The normalized spacial score (nSPS) is 53.7. The molecule has 3 fully saturated rings. The van der Waals surface area contributed by atoms with Gasteiger partial charge in [-0.25, -0.2) is 0 Å². The molecule has 10 N–H and O–H groups in total. The van der Waals surface area contributed by atoms with Gasteiger partial charge in [0.05, 0.1) is 19.3 Å². The Kier molecular flexibility index (Phi) is 8.99. The Morgan fingerprint density at radius 1 is 0.545 bits per heavy atom. The average Bonchev–Trinajstić information content (AvgIpc) is 2.79. The van der Waals surface area contributed by atoms with E-state index >= 15 is 0 Å². The summed E-state index contributed by atoms with van der Waals surface area (Å²) in [5.41, 5.74) is 0. The molecule has 15 atom stereocenters. The van der Waals surface area contributed by atoms with Gasteiger partial charge < -0.3 is 74.7 Å². The van der Waals surface area contributed by atoms with Gasteiger partial charge in [-0.2, -0.15) is 0 Å². The quantitative estimate of drug-likeness (QED) is 0.167. The highest BCUT2D eigenvalue weighted by atomic mass is 16.8. The van der Waals surface area contributed by atoms with E-state index in [-0.39, 0.29) is 0 Å². The Hall–Kier alpha value is -0.600. The summed E-state index contributed by atoms with van der Waals surface area (Å²) < 4.78 is 26.7. The largest absolute Gasteiger partial charge is 0.394 e. The van der Waals surface area contributed by atoms with Crippen molar-refractivity contribution in [1.29, 1.82) is 0 Å². The van der Waals surface area contributed by atoms with Gasteiger partial charge in [-0.3, -0.25) is 0 Å². The molecule has 15 nitrogen and oxygen atoms in total. The lowest BCUT2D eigenvalue weighted by Gasteiger charge is -2.48. The molecule has 3 aliphatic heterocycles. The summed E-state index contributed by atoms with van der Waals surface area (Å²) >= 11 is 0. The lowest BCUT2D eigenvalue weighted by atomic mass is 9.96. The van der Waals surface area contributed by atoms with Crippen LogP contribution in [0.5, 0.6) is 0 Å². The zero-order chi connectivity index (χ0) is 24.6. The summed E-state index contributed by atoms with van der Waals surface area (Å²) in [6, 6.07) is 0. The Balaban J connectivity index is 1.82. The first-order valence-corrected chi connectivity index (χ1v) is 10.4. The van der Waals surface area contributed by atoms with Gasteiger partial charge in [0.25, 0.3) is 0 Å². The van der Waals surface area contributed by atoms with Crippen molar-refractivity contribution in [1.82, 2.24) is 0 Å². The van der Waals surface area contributed by atoms with Gasteiger partial charge in [0.15, 0.2) is 18.9 Å². The summed E-state index contributed by atoms with van der Waals surface area (Å²) in [5.74, 6) is 0. The van der Waals surface area contributed by atoms with Gasteiger partial charge >= 0.3 is 0 Å². The van der Waals surface area contributed by atoms with Crippen LogP contribution in [-0.2, 0) is 23.7 Å². The molecule has 0 aliphatic carbocycles. The number of aliphatic hydroxyl groups is 10. The van der Waals surface area contributed by atoms with Crippen molar-refractivity contribution in [3.8, 4) is 0 Å². The third-order valence-corrected chi connectivity index (χ3v) is 6.06. The molecule has 33 heavy (non-hydrogen) atoms. The van der Waals surface area contributed by atoms with Crippen molar-refractivity contribution in [2.45, 2.75) is 99.0 Å². The number of aliphatic hydroxyl groups excluding tert-OH is 10. The van der Waals surface area contributed by atoms with Crippen LogP contribution in [0.1, 0.15) is 6.92 Å². The number of hydrogen-bond acceptors (Lipinski definition) is 15. The highest BCUT2D eigenvalue weighted by Crippen LogP contribution is 2.32. The summed E-state index contributed by atoms with van der Waals surface area (Å²) in [6.45, 7) is -0.107. The second kappa shape index (κ2) is 11.0. The SMILES string of the molecule is C[C@@H]1O[C@@H](O[C@H]2[C@@H](O)[C@@H](CO)OC(O)[C@@H]2O[C@H]2O[C@H](CO)[C@@H](O)[C@H](O)[C@H]2O)[C@H](O)[C@H](O)[C@H]1O. The van der Waals surface area contributed by atoms with Gasteiger partial charge in [-0.05, 0) is 6.92 Å². The molecule has 0 aromatic carbocycles. The molecule has 3 saturated heterocycles. The van der Waals surface area contributed by atoms with E-state index in [2.05, 4.69) is 0 Å². The molecular weight excluding hydrogens is 456 g/mol. The summed E-state index contributed by atoms with van der Waals surface area (Å²) in [6.07, 6.45) is -24.1. The molecule has 0 amide bonds. The third-order valence-electron chi connectivity index (χ3n) is 6.06. The van der Waals surface area contributed by atoms with Crippen LogP contribution in [0, 0.1) is 0 Å². The monoisotopic (exact) mass is 488 g/mol. The Bertz CT molecular complexity index is 624. The molecular formula is C18H32O15. The smallest absolute Gasteiger partial charge is 0.187 e. The molecule has 3 rings (SSSR count). The van der Waals surface area contributed by atoms with Crippen molar-refractivity contribution in [2.24, 2.45) is 0 Å². The molecule has 194 valence electrons. The third kappa shape index (κ3) is 5.32. The minimum Gasteiger partial charge on any atom is -0.394 e. The minimum absolute atomic E-state index is 0.746. The molecule has 0 aromatic heterocycles. The number of hydrogen-bond donors (Lipinski definition) is 10. The van der Waals surface area contributed by atoms with E-state index in [1.165, 1.54) is 6.92 Å². The topological polar surface area (TPSA) is 248 Å². The van der Waals surface area contributed by atoms with Crippen molar-refractivity contribution in [3.05, 3.63) is 0 Å². The fourth-order valence-corrected chi connectivity index (χ4v) is 3.97. The van der Waals surface area contributed by atoms with Crippen LogP contribution in [0.2, 0.25) is 0 Å². The molecule has 0 spiro atoms. The van der Waals surface area contributed by atoms with E-state index in [4.69, 9.17) is 23.7 Å². The van der Waals surface area contributed by atoms with Crippen LogP contribution in [0.3, 0.4) is 0 Å². The van der Waals surface area contributed by atoms with Crippen molar-refractivity contribution < 1.29 is 74.7 Å². The number of ether oxygens (including phenoxy) is 5. The lowest BCUT2D eigenvalue weighted by molar-refractivity contribution is -0.386. The maximum atomic E-state index is 10.6. The number of rotatable bonds is 6. The summed E-state index contributed by atoms with van der Waals surface area (Å²) in [4.78, 5) is 0. The van der Waals surface area contributed by atoms with Gasteiger partial charge in [0.1, 0.15) is 67.1 Å². The zero-order valence-electron chi connectivity index (χ0n) is 17.6. The second-order valence-electron chi connectivity index (χ2n) is 8.32. The molecule has 1 unspecified atom stereocenters. The van der Waals surface area contributed by atoms with E-state index in [0.717, 1.165) is 0 Å². The van der Waals surface area contributed by atoms with Crippen LogP contribution in [0.25, 0.3) is 0 Å². The van der Waals surface area contributed by atoms with Crippen LogP contribution in [-0.4, -0.2) is 156 Å². The zero-order valence-corrected chi connectivity index (χ0v) is 17.6. The molecule has 3 heterocycles. The molecule has 0 bridgehead atoms. The predicted octanol–water partition coefficient (Wildman–Crippen LogP) is -6.55. The Labute approximate surface area is 187 Å². The minimum atomic E-state index is -1.89. The van der Waals surface area contributed by atoms with Crippen LogP contribution >= 0.6 is 0 Å². The average molecular weight is 488 g/mol. The van der Waals surface area contributed by atoms with Crippen molar-refractivity contribution in [2.75, 3.05) is 13.2 Å². The Morgan fingerprint density at radius 2 is 1.03 bits per heavy atom. The highest BCUT2D eigenvalue weighted by Gasteiger charge is 2.53. The van der Waals surface area contributed by atoms with Crippen molar-refractivity contribution >= 4 is 0 Å². The fourth-order valence-electron chi connectivity index (χ4n) is 3.97. The second-order valence-corrected chi connectivity index (χ2v) is 8.32. The summed E-state index contributed by atoms with van der Waals surface area (Å²) in [7, 11) is 0. The molecule has 3 aliphatic rings. The van der Waals surface area contributed by atoms with E-state index in [1.54, 1.807) is 0 Å². The molecule has 15 heteroatoms. The molecule has 0 saturated carbocycles. The van der Waals surface area contributed by atoms with Gasteiger partial charge in [-0.15, -0.1) is 0 Å². The van der Waals surface area contributed by atoms with Crippen LogP contribution < -0.4 is 0 Å². The standard InChI is InChI=1S/C18H32O15/c1-4-7(21)10(24)12(26)17(29-4)32-14-9(23)6(3-20)30-16(28)15(14)33-18-13(27)11(25)8(22)5(2-19)31-18/h4-28H,2-3H2,1H3/t4-,5+,6+,7-,8+,9-,10+,11-,12+,13+,14-,15+,16?,17-,18+/m0/s1. The van der Waals surface area contributed by atoms with E-state index < -0.39 is 105 Å². The van der Waals surface area contributed by atoms with Crippen LogP contribution in [0.15, 0.2) is 0 Å².